The second-order valence-electron chi connectivity index (χ2n) is 2.93. The molecule has 70 valence electrons. The molecule has 1 aliphatic heterocycles. The van der Waals surface area contributed by atoms with Crippen molar-refractivity contribution in [2.75, 3.05) is 13.2 Å². The van der Waals surface area contributed by atoms with E-state index < -0.39 is 5.97 Å². The van der Waals surface area contributed by atoms with Gasteiger partial charge in [-0.2, -0.15) is 0 Å². The molecular weight excluding hydrogens is 190 g/mol. The van der Waals surface area contributed by atoms with Crippen LogP contribution in [0.3, 0.4) is 0 Å². The topological polar surface area (TPSA) is 59.4 Å². The van der Waals surface area contributed by atoms with Gasteiger partial charge in [0.05, 0.1) is 12.1 Å². The van der Waals surface area contributed by atoms with Crippen LogP contribution in [0.5, 0.6) is 0 Å². The van der Waals surface area contributed by atoms with Crippen molar-refractivity contribution in [1.82, 2.24) is 4.98 Å². The molecule has 2 heterocycles. The summed E-state index contributed by atoms with van der Waals surface area (Å²) in [7, 11) is 0. The van der Waals surface area contributed by atoms with Gasteiger partial charge in [0.2, 0.25) is 0 Å². The quantitative estimate of drug-likeness (QED) is 0.781. The zero-order valence-electron chi connectivity index (χ0n) is 6.90. The van der Waals surface area contributed by atoms with Crippen LogP contribution in [0.4, 0.5) is 0 Å². The molecule has 5 heteroatoms. The summed E-state index contributed by atoms with van der Waals surface area (Å²) < 4.78 is 5.20. The Labute approximate surface area is 79.2 Å². The highest BCUT2D eigenvalue weighted by Crippen LogP contribution is 2.30. The maximum absolute atomic E-state index is 10.7. The molecule has 0 aliphatic carbocycles. The van der Waals surface area contributed by atoms with Gasteiger partial charge in [-0.1, -0.05) is 0 Å². The van der Waals surface area contributed by atoms with Gasteiger partial charge < -0.3 is 9.84 Å². The van der Waals surface area contributed by atoms with Crippen molar-refractivity contribution >= 4 is 17.3 Å². The Morgan fingerprint density at radius 2 is 2.62 bits per heavy atom. The molecule has 1 N–H and O–H groups in total. The average molecular weight is 199 g/mol. The molecule has 0 spiro atoms. The molecule has 1 fully saturated rings. The number of carboxylic acids is 1. The molecule has 1 atom stereocenters. The van der Waals surface area contributed by atoms with Crippen LogP contribution in [0.25, 0.3) is 0 Å². The number of aromatic nitrogens is 1. The number of aromatic carboxylic acids is 1. The van der Waals surface area contributed by atoms with Gasteiger partial charge in [0.1, 0.15) is 0 Å². The summed E-state index contributed by atoms with van der Waals surface area (Å²) in [6, 6.07) is 0. The second kappa shape index (κ2) is 3.43. The second-order valence-corrected chi connectivity index (χ2v) is 3.82. The van der Waals surface area contributed by atoms with Crippen molar-refractivity contribution in [2.24, 2.45) is 0 Å². The highest BCUT2D eigenvalue weighted by atomic mass is 32.1. The first kappa shape index (κ1) is 8.65. The molecule has 1 aromatic rings. The minimum atomic E-state index is -0.942. The number of carbonyl (C=O) groups is 1. The summed E-state index contributed by atoms with van der Waals surface area (Å²) in [4.78, 5) is 15.4. The zero-order chi connectivity index (χ0) is 9.26. The van der Waals surface area contributed by atoms with E-state index in [0.29, 0.717) is 6.61 Å². The van der Waals surface area contributed by atoms with Crippen molar-refractivity contribution < 1.29 is 14.6 Å². The number of hydrogen-bond acceptors (Lipinski definition) is 4. The lowest BCUT2D eigenvalue weighted by Gasteiger charge is -2.03. The van der Waals surface area contributed by atoms with E-state index in [1.165, 1.54) is 11.3 Å². The van der Waals surface area contributed by atoms with Crippen LogP contribution in [-0.2, 0) is 4.74 Å². The van der Waals surface area contributed by atoms with Crippen LogP contribution in [0, 0.1) is 0 Å². The van der Waals surface area contributed by atoms with Gasteiger partial charge in [-0.15, -0.1) is 11.3 Å². The van der Waals surface area contributed by atoms with Crippen molar-refractivity contribution in [3.8, 4) is 0 Å². The van der Waals surface area contributed by atoms with Crippen LogP contribution in [0.1, 0.15) is 27.7 Å². The Bertz CT molecular complexity index is 317. The van der Waals surface area contributed by atoms with E-state index in [1.807, 2.05) is 0 Å². The fourth-order valence-electron chi connectivity index (χ4n) is 1.45. The Morgan fingerprint density at radius 3 is 3.23 bits per heavy atom. The smallest absolute Gasteiger partial charge is 0.355 e. The summed E-state index contributed by atoms with van der Waals surface area (Å²) >= 11 is 1.40. The monoisotopic (exact) mass is 199 g/mol. The molecular formula is C8H9NO3S. The van der Waals surface area contributed by atoms with E-state index in [4.69, 9.17) is 9.84 Å². The molecule has 0 aromatic carbocycles. The fourth-order valence-corrected chi connectivity index (χ4v) is 2.35. The summed E-state index contributed by atoms with van der Waals surface area (Å²) in [5, 5.41) is 8.82. The molecule has 1 aromatic heterocycles. The van der Waals surface area contributed by atoms with Crippen LogP contribution in [0.15, 0.2) is 5.51 Å². The standard InChI is InChI=1S/C8H9NO3S/c10-8(11)6-7(13-4-9-6)5-1-2-12-3-5/h4-5H,1-3H2,(H,10,11). The molecule has 2 rings (SSSR count). The van der Waals surface area contributed by atoms with E-state index in [-0.39, 0.29) is 11.6 Å². The highest BCUT2D eigenvalue weighted by molar-refractivity contribution is 7.10. The van der Waals surface area contributed by atoms with Crippen LogP contribution in [0.2, 0.25) is 0 Å². The third-order valence-electron chi connectivity index (χ3n) is 2.10. The molecule has 1 unspecified atom stereocenters. The number of hydrogen-bond donors (Lipinski definition) is 1. The lowest BCUT2D eigenvalue weighted by atomic mass is 10.1. The third-order valence-corrected chi connectivity index (χ3v) is 3.09. The number of nitrogens with zero attached hydrogens (tertiary/aromatic N) is 1. The molecule has 0 bridgehead atoms. The highest BCUT2D eigenvalue weighted by Gasteiger charge is 2.25. The molecule has 4 nitrogen and oxygen atoms in total. The zero-order valence-corrected chi connectivity index (χ0v) is 7.71. The lowest BCUT2D eigenvalue weighted by molar-refractivity contribution is 0.0689. The lowest BCUT2D eigenvalue weighted by Crippen LogP contribution is -2.05. The van der Waals surface area contributed by atoms with Gasteiger partial charge in [-0.25, -0.2) is 9.78 Å². The Hall–Kier alpha value is -0.940. The normalized spacial score (nSPS) is 22.0. The molecule has 13 heavy (non-hydrogen) atoms. The number of carboxylic acid groups (broad SMARTS) is 1. The number of thiazole rings is 1. The first-order chi connectivity index (χ1) is 6.29. The molecule has 1 saturated heterocycles. The summed E-state index contributed by atoms with van der Waals surface area (Å²) in [5.74, 6) is -0.707. The van der Waals surface area contributed by atoms with Crippen molar-refractivity contribution in [3.63, 3.8) is 0 Å². The van der Waals surface area contributed by atoms with E-state index in [2.05, 4.69) is 4.98 Å². The van der Waals surface area contributed by atoms with E-state index in [0.717, 1.165) is 17.9 Å². The van der Waals surface area contributed by atoms with Gasteiger partial charge in [0.15, 0.2) is 5.69 Å². The largest absolute Gasteiger partial charge is 0.476 e. The SMILES string of the molecule is O=C(O)c1ncsc1C1CCOC1. The maximum Gasteiger partial charge on any atom is 0.355 e. The van der Waals surface area contributed by atoms with Crippen molar-refractivity contribution in [3.05, 3.63) is 16.1 Å². The Balaban J connectivity index is 2.28. The molecule has 0 radical (unpaired) electrons. The van der Waals surface area contributed by atoms with Gasteiger partial charge >= 0.3 is 5.97 Å². The average Bonchev–Trinajstić information content (AvgIpc) is 2.74. The Kier molecular flexibility index (Phi) is 2.28. The van der Waals surface area contributed by atoms with Crippen LogP contribution >= 0.6 is 11.3 Å². The Morgan fingerprint density at radius 1 is 1.77 bits per heavy atom. The van der Waals surface area contributed by atoms with Crippen molar-refractivity contribution in [2.45, 2.75) is 12.3 Å². The molecule has 1 aliphatic rings. The molecule has 0 saturated carbocycles. The molecule has 0 amide bonds. The predicted octanol–water partition coefficient (Wildman–Crippen LogP) is 1.35. The first-order valence-corrected chi connectivity index (χ1v) is 4.91. The van der Waals surface area contributed by atoms with E-state index >= 15 is 0 Å². The van der Waals surface area contributed by atoms with E-state index in [1.54, 1.807) is 5.51 Å². The van der Waals surface area contributed by atoms with Crippen LogP contribution in [-0.4, -0.2) is 29.3 Å². The first-order valence-electron chi connectivity index (χ1n) is 4.03. The van der Waals surface area contributed by atoms with E-state index in [9.17, 15) is 4.79 Å². The van der Waals surface area contributed by atoms with Gasteiger partial charge in [-0.05, 0) is 6.42 Å². The van der Waals surface area contributed by atoms with Crippen molar-refractivity contribution in [1.29, 1.82) is 0 Å². The summed E-state index contributed by atoms with van der Waals surface area (Å²) in [5.41, 5.74) is 1.78. The fraction of sp³-hybridized carbons (Fsp3) is 0.500. The number of rotatable bonds is 2. The third kappa shape index (κ3) is 1.57. The van der Waals surface area contributed by atoms with Crippen LogP contribution < -0.4 is 0 Å². The maximum atomic E-state index is 10.7. The summed E-state index contributed by atoms with van der Waals surface area (Å²) in [6.07, 6.45) is 0.905. The van der Waals surface area contributed by atoms with Gasteiger partial charge in [0.25, 0.3) is 0 Å². The predicted molar refractivity (Wildman–Crippen MR) is 47.3 cm³/mol. The van der Waals surface area contributed by atoms with Gasteiger partial charge in [0, 0.05) is 17.4 Å². The summed E-state index contributed by atoms with van der Waals surface area (Å²) in [6.45, 7) is 1.35. The minimum Gasteiger partial charge on any atom is -0.476 e. The van der Waals surface area contributed by atoms with Gasteiger partial charge in [-0.3, -0.25) is 0 Å². The minimum absolute atomic E-state index is 0.195. The number of ether oxygens (including phenoxy) is 1.